The van der Waals surface area contributed by atoms with E-state index < -0.39 is 17.4 Å². The highest BCUT2D eigenvalue weighted by molar-refractivity contribution is 7.99. The average Bonchev–Trinajstić information content (AvgIpc) is 3.28. The summed E-state index contributed by atoms with van der Waals surface area (Å²) in [7, 11) is 1.54. The van der Waals surface area contributed by atoms with Gasteiger partial charge in [-0.2, -0.15) is 0 Å². The van der Waals surface area contributed by atoms with Crippen LogP contribution in [0.2, 0.25) is 0 Å². The van der Waals surface area contributed by atoms with Crippen molar-refractivity contribution in [3.05, 3.63) is 42.2 Å². The van der Waals surface area contributed by atoms with Crippen LogP contribution in [0.1, 0.15) is 31.9 Å². The van der Waals surface area contributed by atoms with Crippen molar-refractivity contribution in [3.63, 3.8) is 0 Å². The molecule has 0 saturated carbocycles. The lowest BCUT2D eigenvalue weighted by Crippen LogP contribution is -2.48. The summed E-state index contributed by atoms with van der Waals surface area (Å²) in [6.07, 6.45) is 5.20. The number of aromatic nitrogens is 2. The van der Waals surface area contributed by atoms with Gasteiger partial charge in [0.25, 0.3) is 0 Å². The van der Waals surface area contributed by atoms with E-state index in [0.29, 0.717) is 35.3 Å². The molecule has 31 heavy (non-hydrogen) atoms. The van der Waals surface area contributed by atoms with Gasteiger partial charge in [-0.3, -0.25) is 14.6 Å². The van der Waals surface area contributed by atoms with Crippen LogP contribution in [0.5, 0.6) is 5.75 Å². The van der Waals surface area contributed by atoms with Crippen LogP contribution in [0.25, 0.3) is 0 Å². The number of amides is 2. The molecule has 1 atom stereocenters. The van der Waals surface area contributed by atoms with Crippen LogP contribution in [-0.4, -0.2) is 53.1 Å². The lowest BCUT2D eigenvalue weighted by molar-refractivity contribution is -0.137. The van der Waals surface area contributed by atoms with Crippen molar-refractivity contribution in [1.82, 2.24) is 15.3 Å². The van der Waals surface area contributed by atoms with E-state index >= 15 is 0 Å². The monoisotopic (exact) mass is 443 g/mol. The molecule has 0 spiro atoms. The maximum atomic E-state index is 12.4. The fraction of sp³-hybridized carbons (Fsp3) is 0.381. The minimum atomic E-state index is -0.748. The SMILES string of the molecule is COc1cc(NC(=O)C(=O)NC(C)(C)CCSc2ncccn2)ccc1C1CN=CO1. The summed E-state index contributed by atoms with van der Waals surface area (Å²) in [5.41, 5.74) is 0.704. The number of rotatable bonds is 8. The Balaban J connectivity index is 1.52. The minimum absolute atomic E-state index is 0.219. The largest absolute Gasteiger partial charge is 0.496 e. The van der Waals surface area contributed by atoms with Gasteiger partial charge in [0.05, 0.1) is 13.7 Å². The molecule has 2 heterocycles. The van der Waals surface area contributed by atoms with Gasteiger partial charge in [0, 0.05) is 41.0 Å². The van der Waals surface area contributed by atoms with Gasteiger partial charge in [-0.05, 0) is 38.5 Å². The Morgan fingerprint density at radius 1 is 1.26 bits per heavy atom. The molecule has 9 nitrogen and oxygen atoms in total. The molecule has 1 aliphatic heterocycles. The lowest BCUT2D eigenvalue weighted by Gasteiger charge is -2.25. The molecule has 1 aromatic carbocycles. The number of aliphatic imine (C=N–C) groups is 1. The third-order valence-electron chi connectivity index (χ3n) is 4.57. The van der Waals surface area contributed by atoms with Gasteiger partial charge in [-0.15, -0.1) is 0 Å². The van der Waals surface area contributed by atoms with Gasteiger partial charge in [0.1, 0.15) is 11.9 Å². The molecule has 0 fully saturated rings. The van der Waals surface area contributed by atoms with Crippen molar-refractivity contribution in [2.75, 3.05) is 24.7 Å². The molecule has 2 N–H and O–H groups in total. The maximum absolute atomic E-state index is 12.4. The van der Waals surface area contributed by atoms with Crippen LogP contribution in [0, 0.1) is 0 Å². The van der Waals surface area contributed by atoms with E-state index in [0.717, 1.165) is 5.56 Å². The highest BCUT2D eigenvalue weighted by atomic mass is 32.2. The molecule has 3 rings (SSSR count). The second-order valence-corrected chi connectivity index (χ2v) is 8.54. The smallest absolute Gasteiger partial charge is 0.313 e. The number of anilines is 1. The van der Waals surface area contributed by atoms with Crippen molar-refractivity contribution in [1.29, 1.82) is 0 Å². The van der Waals surface area contributed by atoms with Crippen molar-refractivity contribution in [2.24, 2.45) is 4.99 Å². The minimum Gasteiger partial charge on any atom is -0.496 e. The van der Waals surface area contributed by atoms with Crippen molar-refractivity contribution >= 4 is 35.7 Å². The molecule has 1 unspecified atom stereocenters. The van der Waals surface area contributed by atoms with Crippen LogP contribution in [0.15, 0.2) is 46.8 Å². The predicted molar refractivity (Wildman–Crippen MR) is 118 cm³/mol. The summed E-state index contributed by atoms with van der Waals surface area (Å²) in [6, 6.07) is 6.90. The summed E-state index contributed by atoms with van der Waals surface area (Å²) in [5, 5.41) is 6.06. The normalized spacial score (nSPS) is 15.3. The van der Waals surface area contributed by atoms with Gasteiger partial charge in [-0.1, -0.05) is 11.8 Å². The van der Waals surface area contributed by atoms with Gasteiger partial charge < -0.3 is 20.1 Å². The first-order valence-electron chi connectivity index (χ1n) is 9.73. The molecule has 10 heteroatoms. The maximum Gasteiger partial charge on any atom is 0.313 e. The molecule has 0 saturated heterocycles. The number of methoxy groups -OCH3 is 1. The van der Waals surface area contributed by atoms with Crippen LogP contribution in [0.4, 0.5) is 5.69 Å². The number of ether oxygens (including phenoxy) is 2. The summed E-state index contributed by atoms with van der Waals surface area (Å²) in [5.74, 6) is -0.206. The number of carbonyl (C=O) groups is 2. The molecule has 2 aromatic rings. The van der Waals surface area contributed by atoms with E-state index in [9.17, 15) is 9.59 Å². The van der Waals surface area contributed by atoms with E-state index in [4.69, 9.17) is 9.47 Å². The highest BCUT2D eigenvalue weighted by Crippen LogP contribution is 2.32. The number of hydrogen-bond acceptors (Lipinski definition) is 8. The first-order valence-corrected chi connectivity index (χ1v) is 10.7. The van der Waals surface area contributed by atoms with Crippen LogP contribution >= 0.6 is 11.8 Å². The third-order valence-corrected chi connectivity index (χ3v) is 5.44. The second-order valence-electron chi connectivity index (χ2n) is 7.47. The first-order chi connectivity index (χ1) is 14.9. The lowest BCUT2D eigenvalue weighted by atomic mass is 10.0. The summed E-state index contributed by atoms with van der Waals surface area (Å²) in [6.45, 7) is 4.24. The van der Waals surface area contributed by atoms with Gasteiger partial charge in [0.15, 0.2) is 11.6 Å². The molecule has 1 aliphatic rings. The molecule has 1 aromatic heterocycles. The molecular formula is C21H25N5O4S. The number of thioether (sulfide) groups is 1. The second kappa shape index (κ2) is 10.3. The van der Waals surface area contributed by atoms with Gasteiger partial charge in [0.2, 0.25) is 0 Å². The van der Waals surface area contributed by atoms with Crippen LogP contribution in [-0.2, 0) is 14.3 Å². The van der Waals surface area contributed by atoms with Crippen LogP contribution < -0.4 is 15.4 Å². The van der Waals surface area contributed by atoms with Gasteiger partial charge >= 0.3 is 11.8 Å². The van der Waals surface area contributed by atoms with E-state index in [1.54, 1.807) is 36.7 Å². The third kappa shape index (κ3) is 6.42. The Morgan fingerprint density at radius 3 is 2.71 bits per heavy atom. The Labute approximate surface area is 185 Å². The van der Waals surface area contributed by atoms with Gasteiger partial charge in [-0.25, -0.2) is 9.97 Å². The van der Waals surface area contributed by atoms with Crippen molar-refractivity contribution in [2.45, 2.75) is 37.1 Å². The zero-order valence-electron chi connectivity index (χ0n) is 17.6. The Bertz CT molecular complexity index is 944. The predicted octanol–water partition coefficient (Wildman–Crippen LogP) is 2.60. The fourth-order valence-electron chi connectivity index (χ4n) is 2.90. The topological polar surface area (TPSA) is 115 Å². The number of nitrogens with one attached hydrogen (secondary N) is 2. The number of carbonyl (C=O) groups excluding carboxylic acids is 2. The van der Waals surface area contributed by atoms with Crippen LogP contribution in [0.3, 0.4) is 0 Å². The average molecular weight is 444 g/mol. The molecule has 0 bridgehead atoms. The summed E-state index contributed by atoms with van der Waals surface area (Å²) >= 11 is 1.49. The molecular weight excluding hydrogens is 418 g/mol. The first kappa shape index (κ1) is 22.5. The number of nitrogens with zero attached hydrogens (tertiary/aromatic N) is 3. The molecule has 2 amide bonds. The van der Waals surface area contributed by atoms with Crippen molar-refractivity contribution in [3.8, 4) is 5.75 Å². The van der Waals surface area contributed by atoms with E-state index in [-0.39, 0.29) is 6.10 Å². The van der Waals surface area contributed by atoms with Crippen molar-refractivity contribution < 1.29 is 19.1 Å². The Kier molecular flexibility index (Phi) is 7.45. The molecule has 164 valence electrons. The zero-order chi connectivity index (χ0) is 22.3. The molecule has 0 radical (unpaired) electrons. The number of hydrogen-bond donors (Lipinski definition) is 2. The Morgan fingerprint density at radius 2 is 2.03 bits per heavy atom. The van der Waals surface area contributed by atoms with E-state index in [1.807, 2.05) is 13.8 Å². The summed E-state index contributed by atoms with van der Waals surface area (Å²) < 4.78 is 10.8. The molecule has 0 aliphatic carbocycles. The summed E-state index contributed by atoms with van der Waals surface area (Å²) in [4.78, 5) is 37.2. The zero-order valence-corrected chi connectivity index (χ0v) is 18.4. The standard InChI is InChI=1S/C21H25N5O4S/c1-21(2,7-10-31-20-23-8-4-9-24-20)26-19(28)18(27)25-14-5-6-15(16(11-14)29-3)17-12-22-13-30-17/h4-6,8-9,11,13,17H,7,10,12H2,1-3H3,(H,25,27)(H,26,28). The quantitative estimate of drug-likeness (QED) is 0.366. The Hall–Kier alpha value is -3.14. The van der Waals surface area contributed by atoms with E-state index in [2.05, 4.69) is 25.6 Å². The highest BCUT2D eigenvalue weighted by Gasteiger charge is 2.25. The number of benzene rings is 1. The van der Waals surface area contributed by atoms with E-state index in [1.165, 1.54) is 25.3 Å². The fourth-order valence-corrected chi connectivity index (χ4v) is 3.96.